The molecule has 27 heavy (non-hydrogen) atoms. The van der Waals surface area contributed by atoms with E-state index in [-0.39, 0.29) is 24.9 Å². The summed E-state index contributed by atoms with van der Waals surface area (Å²) in [6.45, 7) is -0.0314. The Hall–Kier alpha value is -3.42. The number of rotatable bonds is 7. The molecule has 0 N–H and O–H groups in total. The second kappa shape index (κ2) is 8.31. The summed E-state index contributed by atoms with van der Waals surface area (Å²) < 4.78 is 28.5. The summed E-state index contributed by atoms with van der Waals surface area (Å²) in [5, 5.41) is 3.92. The van der Waals surface area contributed by atoms with Gasteiger partial charge in [0.15, 0.2) is 6.61 Å². The van der Waals surface area contributed by atoms with E-state index in [1.807, 2.05) is 12.1 Å². The average molecular weight is 371 g/mol. The number of likely N-dealkylation sites (N-methyl/N-ethyl adjacent to an activating group) is 1. The van der Waals surface area contributed by atoms with Gasteiger partial charge in [-0.05, 0) is 48.5 Å². The summed E-state index contributed by atoms with van der Waals surface area (Å²) in [7, 11) is 3.20. The molecule has 2 aromatic carbocycles. The molecule has 0 saturated heterocycles. The Kier molecular flexibility index (Phi) is 5.65. The molecule has 0 fully saturated rings. The van der Waals surface area contributed by atoms with E-state index in [2.05, 4.69) is 10.1 Å². The number of hydrogen-bond acceptors (Lipinski definition) is 6. The van der Waals surface area contributed by atoms with Crippen molar-refractivity contribution in [3.63, 3.8) is 0 Å². The van der Waals surface area contributed by atoms with Crippen LogP contribution in [0.3, 0.4) is 0 Å². The van der Waals surface area contributed by atoms with Crippen molar-refractivity contribution in [2.45, 2.75) is 6.54 Å². The van der Waals surface area contributed by atoms with E-state index in [0.29, 0.717) is 17.5 Å². The second-order valence-corrected chi connectivity index (χ2v) is 5.73. The zero-order chi connectivity index (χ0) is 19.2. The molecule has 0 aliphatic carbocycles. The molecule has 8 heteroatoms. The number of carbonyl (C=O) groups excluding carboxylic acids is 1. The molecular formula is C19H18FN3O4. The molecular weight excluding hydrogens is 353 g/mol. The maximum atomic E-state index is 12.9. The van der Waals surface area contributed by atoms with E-state index < -0.39 is 0 Å². The first-order valence-corrected chi connectivity index (χ1v) is 8.14. The monoisotopic (exact) mass is 371 g/mol. The number of carbonyl (C=O) groups is 1. The van der Waals surface area contributed by atoms with Crippen LogP contribution in [-0.2, 0) is 11.3 Å². The topological polar surface area (TPSA) is 77.7 Å². The smallest absolute Gasteiger partial charge is 0.260 e. The second-order valence-electron chi connectivity index (χ2n) is 5.73. The molecule has 0 spiro atoms. The van der Waals surface area contributed by atoms with Gasteiger partial charge in [0.25, 0.3) is 5.91 Å². The molecule has 0 radical (unpaired) electrons. The van der Waals surface area contributed by atoms with Crippen molar-refractivity contribution in [2.75, 3.05) is 20.8 Å². The zero-order valence-corrected chi connectivity index (χ0v) is 14.9. The maximum Gasteiger partial charge on any atom is 0.260 e. The molecule has 3 aromatic rings. The van der Waals surface area contributed by atoms with Crippen LogP contribution < -0.4 is 9.47 Å². The third kappa shape index (κ3) is 4.81. The largest absolute Gasteiger partial charge is 0.497 e. The lowest BCUT2D eigenvalue weighted by atomic mass is 10.2. The van der Waals surface area contributed by atoms with Gasteiger partial charge in [-0.3, -0.25) is 4.79 Å². The van der Waals surface area contributed by atoms with Crippen molar-refractivity contribution in [1.29, 1.82) is 0 Å². The van der Waals surface area contributed by atoms with Crippen LogP contribution in [0.15, 0.2) is 53.1 Å². The van der Waals surface area contributed by atoms with Gasteiger partial charge in [0.05, 0.1) is 13.7 Å². The van der Waals surface area contributed by atoms with Gasteiger partial charge in [-0.15, -0.1) is 0 Å². The molecule has 0 saturated carbocycles. The van der Waals surface area contributed by atoms with E-state index in [1.165, 1.54) is 29.2 Å². The van der Waals surface area contributed by atoms with Crippen molar-refractivity contribution in [1.82, 2.24) is 15.0 Å². The van der Waals surface area contributed by atoms with Crippen LogP contribution >= 0.6 is 0 Å². The minimum atomic E-state index is -0.366. The van der Waals surface area contributed by atoms with Crippen LogP contribution in [0.5, 0.6) is 11.5 Å². The molecule has 0 bridgehead atoms. The van der Waals surface area contributed by atoms with E-state index >= 15 is 0 Å². The van der Waals surface area contributed by atoms with Gasteiger partial charge < -0.3 is 18.9 Å². The van der Waals surface area contributed by atoms with Gasteiger partial charge in [0, 0.05) is 12.6 Å². The van der Waals surface area contributed by atoms with E-state index in [4.69, 9.17) is 14.0 Å². The predicted octanol–water partition coefficient (Wildman–Crippen LogP) is 2.92. The number of benzene rings is 2. The van der Waals surface area contributed by atoms with Crippen molar-refractivity contribution in [3.8, 4) is 22.9 Å². The molecule has 7 nitrogen and oxygen atoms in total. The summed E-state index contributed by atoms with van der Waals surface area (Å²) in [5.41, 5.74) is 0.777. The first kappa shape index (κ1) is 18.4. The van der Waals surface area contributed by atoms with Crippen molar-refractivity contribution in [3.05, 3.63) is 60.2 Å². The third-order valence-electron chi connectivity index (χ3n) is 3.79. The van der Waals surface area contributed by atoms with Crippen LogP contribution in [0.2, 0.25) is 0 Å². The fourth-order valence-electron chi connectivity index (χ4n) is 2.25. The zero-order valence-electron chi connectivity index (χ0n) is 14.9. The first-order valence-electron chi connectivity index (χ1n) is 8.14. The number of amides is 1. The molecule has 1 aromatic heterocycles. The highest BCUT2D eigenvalue weighted by Crippen LogP contribution is 2.20. The summed E-state index contributed by atoms with van der Waals surface area (Å²) in [5.74, 6) is 1.24. The van der Waals surface area contributed by atoms with Crippen molar-refractivity contribution >= 4 is 5.91 Å². The first-order chi connectivity index (χ1) is 13.0. The highest BCUT2D eigenvalue weighted by molar-refractivity contribution is 5.77. The summed E-state index contributed by atoms with van der Waals surface area (Å²) in [6, 6.07) is 12.7. The number of ether oxygens (including phenoxy) is 2. The molecule has 0 aliphatic rings. The lowest BCUT2D eigenvalue weighted by molar-refractivity contribution is -0.132. The fourth-order valence-corrected chi connectivity index (χ4v) is 2.25. The minimum absolute atomic E-state index is 0.148. The van der Waals surface area contributed by atoms with E-state index in [1.54, 1.807) is 26.3 Å². The summed E-state index contributed by atoms with van der Waals surface area (Å²) in [6.07, 6.45) is 0. The van der Waals surface area contributed by atoms with Gasteiger partial charge in [-0.1, -0.05) is 5.16 Å². The molecule has 1 heterocycles. The molecule has 0 unspecified atom stereocenters. The SMILES string of the molecule is COc1ccc(-c2noc(CN(C)C(=O)COc3ccc(F)cc3)n2)cc1. The number of methoxy groups -OCH3 is 1. The highest BCUT2D eigenvalue weighted by atomic mass is 19.1. The Balaban J connectivity index is 1.55. The van der Waals surface area contributed by atoms with Gasteiger partial charge in [0.1, 0.15) is 17.3 Å². The summed E-state index contributed by atoms with van der Waals surface area (Å²) >= 11 is 0. The van der Waals surface area contributed by atoms with Crippen LogP contribution in [-0.4, -0.2) is 41.7 Å². The van der Waals surface area contributed by atoms with Crippen molar-refractivity contribution in [2.24, 2.45) is 0 Å². The van der Waals surface area contributed by atoms with Crippen LogP contribution in [0.4, 0.5) is 4.39 Å². The van der Waals surface area contributed by atoms with Crippen LogP contribution in [0.1, 0.15) is 5.89 Å². The normalized spacial score (nSPS) is 10.5. The Labute approximate surface area is 155 Å². The lowest BCUT2D eigenvalue weighted by Crippen LogP contribution is -2.31. The van der Waals surface area contributed by atoms with Gasteiger partial charge in [-0.2, -0.15) is 4.98 Å². The number of halogens is 1. The number of aromatic nitrogens is 2. The van der Waals surface area contributed by atoms with E-state index in [0.717, 1.165) is 11.3 Å². The predicted molar refractivity (Wildman–Crippen MR) is 94.7 cm³/mol. The van der Waals surface area contributed by atoms with Crippen LogP contribution in [0, 0.1) is 5.82 Å². The molecule has 0 atom stereocenters. The molecule has 3 rings (SSSR count). The Morgan fingerprint density at radius 2 is 1.78 bits per heavy atom. The molecule has 140 valence electrons. The Morgan fingerprint density at radius 1 is 1.11 bits per heavy atom. The minimum Gasteiger partial charge on any atom is -0.497 e. The average Bonchev–Trinajstić information content (AvgIpc) is 3.15. The quantitative estimate of drug-likeness (QED) is 0.636. The highest BCUT2D eigenvalue weighted by Gasteiger charge is 2.15. The van der Waals surface area contributed by atoms with Crippen LogP contribution in [0.25, 0.3) is 11.4 Å². The number of nitrogens with zero attached hydrogens (tertiary/aromatic N) is 3. The van der Waals surface area contributed by atoms with E-state index in [9.17, 15) is 9.18 Å². The molecule has 1 amide bonds. The Morgan fingerprint density at radius 3 is 2.44 bits per heavy atom. The summed E-state index contributed by atoms with van der Waals surface area (Å²) in [4.78, 5) is 17.9. The number of hydrogen-bond donors (Lipinski definition) is 0. The fraction of sp³-hybridized carbons (Fsp3) is 0.211. The molecule has 0 aliphatic heterocycles. The third-order valence-corrected chi connectivity index (χ3v) is 3.79. The standard InChI is InChI=1S/C19H18FN3O4/c1-23(18(24)12-26-16-9-5-14(20)6-10-16)11-17-21-19(22-27-17)13-3-7-15(25-2)8-4-13/h3-10H,11-12H2,1-2H3. The Bertz CT molecular complexity index is 894. The van der Waals surface area contributed by atoms with Gasteiger partial charge in [-0.25, -0.2) is 4.39 Å². The maximum absolute atomic E-state index is 12.9. The lowest BCUT2D eigenvalue weighted by Gasteiger charge is -2.15. The van der Waals surface area contributed by atoms with Gasteiger partial charge in [0.2, 0.25) is 11.7 Å². The van der Waals surface area contributed by atoms with Gasteiger partial charge >= 0.3 is 0 Å². The van der Waals surface area contributed by atoms with Crippen molar-refractivity contribution < 1.29 is 23.2 Å².